The summed E-state index contributed by atoms with van der Waals surface area (Å²) in [6.45, 7) is 4.42. The lowest BCUT2D eigenvalue weighted by molar-refractivity contribution is -0.270. The van der Waals surface area contributed by atoms with Crippen molar-refractivity contribution < 1.29 is 52.3 Å². The molecule has 13 heteroatoms. The first kappa shape index (κ1) is 28.9. The van der Waals surface area contributed by atoms with Crippen LogP contribution in [0.15, 0.2) is 18.3 Å². The molecule has 1 aromatic carbocycles. The summed E-state index contributed by atoms with van der Waals surface area (Å²) in [5.41, 5.74) is 3.33. The predicted molar refractivity (Wildman–Crippen MR) is 135 cm³/mol. The van der Waals surface area contributed by atoms with Crippen LogP contribution in [-0.4, -0.2) is 78.9 Å². The van der Waals surface area contributed by atoms with Crippen LogP contribution in [0, 0.1) is 0 Å². The Labute approximate surface area is 230 Å². The molecule has 40 heavy (non-hydrogen) atoms. The Bertz CT molecular complexity index is 1300. The molecule has 2 aromatic rings. The highest BCUT2D eigenvalue weighted by Gasteiger charge is 2.53. The number of aromatic nitrogens is 2. The van der Waals surface area contributed by atoms with Gasteiger partial charge in [-0.25, -0.2) is 4.68 Å². The first-order valence-corrected chi connectivity index (χ1v) is 12.7. The minimum Gasteiger partial charge on any atom is -0.493 e. The van der Waals surface area contributed by atoms with E-state index < -0.39 is 54.5 Å². The maximum atomic E-state index is 12.3. The molecule has 4 rings (SSSR count). The van der Waals surface area contributed by atoms with Gasteiger partial charge in [0.25, 0.3) is 0 Å². The lowest BCUT2D eigenvalue weighted by Gasteiger charge is -2.44. The second-order valence-electron chi connectivity index (χ2n) is 9.42. The fourth-order valence-corrected chi connectivity index (χ4v) is 5.09. The van der Waals surface area contributed by atoms with E-state index in [1.165, 1.54) is 39.5 Å². The summed E-state index contributed by atoms with van der Waals surface area (Å²) in [7, 11) is 3.09. The van der Waals surface area contributed by atoms with E-state index in [1.54, 1.807) is 13.3 Å². The number of esters is 4. The molecule has 0 bridgehead atoms. The van der Waals surface area contributed by atoms with Gasteiger partial charge in [-0.15, -0.1) is 0 Å². The van der Waals surface area contributed by atoms with E-state index in [0.717, 1.165) is 16.7 Å². The van der Waals surface area contributed by atoms with Gasteiger partial charge in [0.05, 0.1) is 26.1 Å². The summed E-state index contributed by atoms with van der Waals surface area (Å²) in [4.78, 5) is 48.2. The summed E-state index contributed by atoms with van der Waals surface area (Å²) in [6, 6.07) is 3.72. The van der Waals surface area contributed by atoms with Crippen LogP contribution in [0.1, 0.15) is 45.0 Å². The maximum Gasteiger partial charge on any atom is 0.303 e. The average Bonchev–Trinajstić information content (AvgIpc) is 3.32. The van der Waals surface area contributed by atoms with Gasteiger partial charge in [0.15, 0.2) is 36.0 Å². The SMILES string of the molecule is COc1cc2c(cc1OC)-c1c(cnn1[C@@H]1O[C@H](COC(C)=O)[C@@H](OC(C)=O)[C@H](OC(C)=O)[C@H]1OC(C)=O)CC2. The van der Waals surface area contributed by atoms with Gasteiger partial charge in [-0.2, -0.15) is 5.10 Å². The van der Waals surface area contributed by atoms with E-state index >= 15 is 0 Å². The van der Waals surface area contributed by atoms with Crippen LogP contribution in [0.25, 0.3) is 11.3 Å². The molecular formula is C27H32N2O11. The first-order valence-electron chi connectivity index (χ1n) is 12.7. The molecule has 1 fully saturated rings. The zero-order valence-corrected chi connectivity index (χ0v) is 23.1. The Morgan fingerprint density at radius 2 is 1.40 bits per heavy atom. The average molecular weight is 561 g/mol. The Morgan fingerprint density at radius 1 is 0.825 bits per heavy atom. The molecule has 0 amide bonds. The monoisotopic (exact) mass is 560 g/mol. The Balaban J connectivity index is 1.87. The fraction of sp³-hybridized carbons (Fsp3) is 0.519. The molecule has 0 N–H and O–H groups in total. The van der Waals surface area contributed by atoms with Gasteiger partial charge in [0.1, 0.15) is 12.7 Å². The normalized spacial score (nSPS) is 23.2. The van der Waals surface area contributed by atoms with Crippen molar-refractivity contribution in [1.82, 2.24) is 9.78 Å². The van der Waals surface area contributed by atoms with Crippen molar-refractivity contribution in [2.45, 2.75) is 71.2 Å². The van der Waals surface area contributed by atoms with Gasteiger partial charge in [0.2, 0.25) is 0 Å². The van der Waals surface area contributed by atoms with E-state index in [1.807, 2.05) is 12.1 Å². The minimum absolute atomic E-state index is 0.334. The maximum absolute atomic E-state index is 12.3. The van der Waals surface area contributed by atoms with Crippen molar-refractivity contribution in [3.63, 3.8) is 0 Å². The molecule has 216 valence electrons. The Hall–Kier alpha value is -4.13. The predicted octanol–water partition coefficient (Wildman–Crippen LogP) is 1.92. The molecule has 2 aliphatic rings. The molecule has 5 atom stereocenters. The highest BCUT2D eigenvalue weighted by Crippen LogP contribution is 2.43. The van der Waals surface area contributed by atoms with Crippen LogP contribution in [-0.2, 0) is 55.7 Å². The first-order chi connectivity index (χ1) is 19.0. The van der Waals surface area contributed by atoms with E-state index in [2.05, 4.69) is 5.10 Å². The lowest BCUT2D eigenvalue weighted by Crippen LogP contribution is -2.60. The molecule has 0 saturated carbocycles. The third-order valence-corrected chi connectivity index (χ3v) is 6.61. The number of carbonyl (C=O) groups is 4. The number of hydrogen-bond donors (Lipinski definition) is 0. The number of fused-ring (bicyclic) bond motifs is 3. The number of ether oxygens (including phenoxy) is 7. The van der Waals surface area contributed by atoms with Crippen molar-refractivity contribution in [2.24, 2.45) is 0 Å². The summed E-state index contributed by atoms with van der Waals surface area (Å²) >= 11 is 0. The van der Waals surface area contributed by atoms with Crippen LogP contribution in [0.4, 0.5) is 0 Å². The minimum atomic E-state index is -1.31. The highest BCUT2D eigenvalue weighted by atomic mass is 16.7. The Kier molecular flexibility index (Phi) is 8.62. The smallest absolute Gasteiger partial charge is 0.303 e. The van der Waals surface area contributed by atoms with Crippen LogP contribution in [0.5, 0.6) is 11.5 Å². The lowest BCUT2D eigenvalue weighted by atomic mass is 9.89. The topological polar surface area (TPSA) is 151 Å². The number of carbonyl (C=O) groups excluding carboxylic acids is 4. The van der Waals surface area contributed by atoms with Crippen molar-refractivity contribution >= 4 is 23.9 Å². The van der Waals surface area contributed by atoms with E-state index in [4.69, 9.17) is 33.2 Å². The second kappa shape index (κ2) is 11.9. The highest BCUT2D eigenvalue weighted by molar-refractivity contribution is 5.74. The van der Waals surface area contributed by atoms with Gasteiger partial charge in [-0.1, -0.05) is 0 Å². The number of benzene rings is 1. The van der Waals surface area contributed by atoms with E-state index in [0.29, 0.717) is 30.0 Å². The van der Waals surface area contributed by atoms with Crippen LogP contribution >= 0.6 is 0 Å². The summed E-state index contributed by atoms with van der Waals surface area (Å²) < 4.78 is 40.7. The molecule has 1 saturated heterocycles. The number of hydrogen-bond acceptors (Lipinski definition) is 12. The molecule has 1 aromatic heterocycles. The molecule has 2 heterocycles. The van der Waals surface area contributed by atoms with Gasteiger partial charge in [-0.05, 0) is 36.1 Å². The quantitative estimate of drug-likeness (QED) is 0.343. The fourth-order valence-electron chi connectivity index (χ4n) is 5.09. The van der Waals surface area contributed by atoms with Gasteiger partial charge in [-0.3, -0.25) is 19.2 Å². The third-order valence-electron chi connectivity index (χ3n) is 6.61. The number of nitrogens with zero attached hydrogens (tertiary/aromatic N) is 2. The molecular weight excluding hydrogens is 528 g/mol. The van der Waals surface area contributed by atoms with Gasteiger partial charge < -0.3 is 33.2 Å². The molecule has 1 aliphatic carbocycles. The van der Waals surface area contributed by atoms with Crippen LogP contribution in [0.2, 0.25) is 0 Å². The standard InChI is InChI=1S/C27H32N2O11/c1-13(30)36-12-22-24(37-14(2)31)25(38-15(3)32)26(39-16(4)33)27(40-22)29-23-18(11-28-29)8-7-17-9-20(34-5)21(35-6)10-19(17)23/h9-11,22,24-27H,7-8,12H2,1-6H3/t22-,24-,25+,26-,27-/m1/s1. The molecule has 0 spiro atoms. The molecule has 1 aliphatic heterocycles. The molecule has 0 radical (unpaired) electrons. The molecule has 0 unspecified atom stereocenters. The van der Waals surface area contributed by atoms with E-state index in [9.17, 15) is 19.2 Å². The number of aryl methyl sites for hydroxylation is 2. The third kappa shape index (κ3) is 5.88. The zero-order valence-electron chi connectivity index (χ0n) is 23.1. The van der Waals surface area contributed by atoms with Crippen LogP contribution < -0.4 is 9.47 Å². The van der Waals surface area contributed by atoms with Crippen molar-refractivity contribution in [3.8, 4) is 22.8 Å². The number of rotatable bonds is 8. The summed E-state index contributed by atoms with van der Waals surface area (Å²) in [6.07, 6.45) is -3.05. The van der Waals surface area contributed by atoms with Gasteiger partial charge in [0, 0.05) is 33.3 Å². The zero-order chi connectivity index (χ0) is 29.1. The van der Waals surface area contributed by atoms with Gasteiger partial charge >= 0.3 is 23.9 Å². The molecule has 13 nitrogen and oxygen atoms in total. The summed E-state index contributed by atoms with van der Waals surface area (Å²) in [5, 5.41) is 4.58. The van der Waals surface area contributed by atoms with Crippen LogP contribution in [0.3, 0.4) is 0 Å². The largest absolute Gasteiger partial charge is 0.493 e. The van der Waals surface area contributed by atoms with E-state index in [-0.39, 0.29) is 6.61 Å². The van der Waals surface area contributed by atoms with Crippen molar-refractivity contribution in [2.75, 3.05) is 20.8 Å². The second-order valence-corrected chi connectivity index (χ2v) is 9.42. The summed E-state index contributed by atoms with van der Waals surface area (Å²) in [5.74, 6) is -1.63. The Morgan fingerprint density at radius 3 is 2.00 bits per heavy atom. The van der Waals surface area contributed by atoms with Crippen molar-refractivity contribution in [1.29, 1.82) is 0 Å². The number of methoxy groups -OCH3 is 2. The van der Waals surface area contributed by atoms with Crippen molar-refractivity contribution in [3.05, 3.63) is 29.5 Å².